The fraction of sp³-hybridized carbons (Fsp3) is 0.875. The van der Waals surface area contributed by atoms with Gasteiger partial charge in [0.1, 0.15) is 11.5 Å². The zero-order valence-electron chi connectivity index (χ0n) is 14.2. The van der Waals surface area contributed by atoms with Crippen LogP contribution in [0.25, 0.3) is 0 Å². The maximum atomic E-state index is 12.5. The molecular weight excluding hydrogens is 282 g/mol. The van der Waals surface area contributed by atoms with Crippen molar-refractivity contribution in [1.82, 2.24) is 10.3 Å². The summed E-state index contributed by atoms with van der Waals surface area (Å²) >= 11 is 0. The predicted molar refractivity (Wildman–Crippen MR) is 85.8 cm³/mol. The lowest BCUT2D eigenvalue weighted by Gasteiger charge is -2.26. The Kier molecular flexibility index (Phi) is 7.82. The van der Waals surface area contributed by atoms with Gasteiger partial charge in [-0.15, -0.1) is 0 Å². The van der Waals surface area contributed by atoms with Crippen molar-refractivity contribution in [3.05, 3.63) is 0 Å². The highest BCUT2D eigenvalue weighted by Crippen LogP contribution is 2.18. The van der Waals surface area contributed by atoms with Gasteiger partial charge in [0.05, 0.1) is 0 Å². The number of nitrogens with zero attached hydrogens (tertiary/aromatic N) is 1. The first-order chi connectivity index (χ1) is 10.3. The number of esters is 1. The lowest BCUT2D eigenvalue weighted by Crippen LogP contribution is -2.46. The molecule has 6 heteroatoms. The largest absolute Gasteiger partial charge is 0.459 e. The number of nitrogens with one attached hydrogen (secondary N) is 1. The Labute approximate surface area is 133 Å². The van der Waals surface area contributed by atoms with Gasteiger partial charge >= 0.3 is 5.97 Å². The third-order valence-electron chi connectivity index (χ3n) is 3.62. The molecule has 0 aromatic carbocycles. The van der Waals surface area contributed by atoms with Crippen molar-refractivity contribution in [2.75, 3.05) is 19.6 Å². The standard InChI is InChI=1S/C16H31N3O3/c1-16(2,3)22-15(21)13-9-5-7-11-18-10-6-4-8-12-19(17)14(13)20/h13,18H,4-12,17H2,1-3H3. The van der Waals surface area contributed by atoms with E-state index in [4.69, 9.17) is 10.6 Å². The third kappa shape index (κ3) is 7.22. The SMILES string of the molecule is CC(C)(C)OC(=O)C1CCCCNCCCCCN(N)C1=O. The fourth-order valence-electron chi connectivity index (χ4n) is 2.46. The molecule has 0 spiro atoms. The van der Waals surface area contributed by atoms with Gasteiger partial charge in [0.2, 0.25) is 0 Å². The summed E-state index contributed by atoms with van der Waals surface area (Å²) in [6, 6.07) is 0. The van der Waals surface area contributed by atoms with Gasteiger partial charge in [-0.1, -0.05) is 12.8 Å². The minimum absolute atomic E-state index is 0.318. The summed E-state index contributed by atoms with van der Waals surface area (Å²) in [7, 11) is 0. The Hall–Kier alpha value is -1.14. The molecule has 0 aliphatic carbocycles. The van der Waals surface area contributed by atoms with Gasteiger partial charge in [-0.3, -0.25) is 14.6 Å². The molecule has 1 atom stereocenters. The number of carbonyl (C=O) groups excluding carboxylic acids is 2. The second kappa shape index (κ2) is 9.10. The molecular formula is C16H31N3O3. The monoisotopic (exact) mass is 313 g/mol. The van der Waals surface area contributed by atoms with Crippen LogP contribution in [-0.4, -0.2) is 42.1 Å². The van der Waals surface area contributed by atoms with Crippen LogP contribution in [-0.2, 0) is 14.3 Å². The average molecular weight is 313 g/mol. The Bertz CT molecular complexity index is 366. The smallest absolute Gasteiger partial charge is 0.319 e. The second-order valence-corrected chi connectivity index (χ2v) is 6.92. The van der Waals surface area contributed by atoms with E-state index in [9.17, 15) is 9.59 Å². The van der Waals surface area contributed by atoms with Gasteiger partial charge in [-0.05, 0) is 59.5 Å². The minimum atomic E-state index is -0.787. The lowest BCUT2D eigenvalue weighted by atomic mass is 10.00. The van der Waals surface area contributed by atoms with E-state index in [0.717, 1.165) is 45.2 Å². The van der Waals surface area contributed by atoms with Gasteiger partial charge in [-0.25, -0.2) is 5.84 Å². The molecule has 0 saturated carbocycles. The van der Waals surface area contributed by atoms with Crippen molar-refractivity contribution in [1.29, 1.82) is 0 Å². The Morgan fingerprint density at radius 1 is 1.18 bits per heavy atom. The average Bonchev–Trinajstić information content (AvgIpc) is 2.42. The van der Waals surface area contributed by atoms with Crippen LogP contribution in [0.15, 0.2) is 0 Å². The Morgan fingerprint density at radius 2 is 1.82 bits per heavy atom. The molecule has 1 amide bonds. The van der Waals surface area contributed by atoms with Crippen molar-refractivity contribution in [3.8, 4) is 0 Å². The molecule has 128 valence electrons. The highest BCUT2D eigenvalue weighted by Gasteiger charge is 2.33. The van der Waals surface area contributed by atoms with Gasteiger partial charge in [0.25, 0.3) is 5.91 Å². The highest BCUT2D eigenvalue weighted by molar-refractivity contribution is 5.97. The summed E-state index contributed by atoms with van der Waals surface area (Å²) in [4.78, 5) is 24.8. The molecule has 1 aliphatic heterocycles. The van der Waals surface area contributed by atoms with E-state index in [-0.39, 0.29) is 5.91 Å². The number of hydrogen-bond acceptors (Lipinski definition) is 5. The van der Waals surface area contributed by atoms with Gasteiger partial charge in [0.15, 0.2) is 0 Å². The Balaban J connectivity index is 2.73. The zero-order valence-corrected chi connectivity index (χ0v) is 14.2. The van der Waals surface area contributed by atoms with E-state index in [1.54, 1.807) is 20.8 Å². The summed E-state index contributed by atoms with van der Waals surface area (Å²) in [6.45, 7) is 7.81. The third-order valence-corrected chi connectivity index (χ3v) is 3.62. The van der Waals surface area contributed by atoms with Crippen LogP contribution in [0.3, 0.4) is 0 Å². The number of hydrogen-bond donors (Lipinski definition) is 2. The summed E-state index contributed by atoms with van der Waals surface area (Å²) < 4.78 is 5.39. The maximum Gasteiger partial charge on any atom is 0.319 e. The van der Waals surface area contributed by atoms with Crippen LogP contribution < -0.4 is 11.2 Å². The van der Waals surface area contributed by atoms with Crippen molar-refractivity contribution >= 4 is 11.9 Å². The zero-order chi connectivity index (χ0) is 16.6. The van der Waals surface area contributed by atoms with E-state index < -0.39 is 17.5 Å². The van der Waals surface area contributed by atoms with E-state index in [1.165, 1.54) is 5.01 Å². The van der Waals surface area contributed by atoms with Crippen molar-refractivity contribution in [2.24, 2.45) is 11.8 Å². The number of hydrazine groups is 1. The summed E-state index contributed by atoms with van der Waals surface area (Å²) in [5.41, 5.74) is -0.598. The van der Waals surface area contributed by atoms with Crippen LogP contribution in [0.4, 0.5) is 0 Å². The minimum Gasteiger partial charge on any atom is -0.459 e. The van der Waals surface area contributed by atoms with Crippen LogP contribution in [0.1, 0.15) is 59.3 Å². The van der Waals surface area contributed by atoms with Crippen molar-refractivity contribution in [2.45, 2.75) is 64.9 Å². The molecule has 1 saturated heterocycles. The quantitative estimate of drug-likeness (QED) is 0.332. The van der Waals surface area contributed by atoms with Gasteiger partial charge in [-0.2, -0.15) is 0 Å². The van der Waals surface area contributed by atoms with E-state index >= 15 is 0 Å². The first-order valence-corrected chi connectivity index (χ1v) is 8.31. The topological polar surface area (TPSA) is 84.7 Å². The second-order valence-electron chi connectivity index (χ2n) is 6.92. The molecule has 6 nitrogen and oxygen atoms in total. The Morgan fingerprint density at radius 3 is 2.45 bits per heavy atom. The molecule has 1 heterocycles. The number of ether oxygens (including phenoxy) is 1. The molecule has 0 radical (unpaired) electrons. The molecule has 0 aromatic rings. The van der Waals surface area contributed by atoms with E-state index in [1.807, 2.05) is 0 Å². The fourth-order valence-corrected chi connectivity index (χ4v) is 2.46. The number of carbonyl (C=O) groups is 2. The highest BCUT2D eigenvalue weighted by atomic mass is 16.6. The molecule has 1 unspecified atom stereocenters. The maximum absolute atomic E-state index is 12.5. The number of rotatable bonds is 1. The first-order valence-electron chi connectivity index (χ1n) is 8.31. The van der Waals surface area contributed by atoms with E-state index in [2.05, 4.69) is 5.32 Å². The van der Waals surface area contributed by atoms with Crippen molar-refractivity contribution < 1.29 is 14.3 Å². The first kappa shape index (κ1) is 18.9. The number of amides is 1. The summed E-state index contributed by atoms with van der Waals surface area (Å²) in [5.74, 6) is 4.28. The molecule has 1 aliphatic rings. The molecule has 1 fully saturated rings. The van der Waals surface area contributed by atoms with Crippen LogP contribution in [0.5, 0.6) is 0 Å². The summed E-state index contributed by atoms with van der Waals surface area (Å²) in [5, 5.41) is 4.58. The van der Waals surface area contributed by atoms with Crippen LogP contribution in [0, 0.1) is 5.92 Å². The molecule has 22 heavy (non-hydrogen) atoms. The van der Waals surface area contributed by atoms with Gasteiger partial charge < -0.3 is 10.1 Å². The van der Waals surface area contributed by atoms with Crippen LogP contribution in [0.2, 0.25) is 0 Å². The molecule has 1 rings (SSSR count). The normalized spacial score (nSPS) is 23.2. The van der Waals surface area contributed by atoms with Crippen LogP contribution >= 0.6 is 0 Å². The van der Waals surface area contributed by atoms with E-state index in [0.29, 0.717) is 13.0 Å². The van der Waals surface area contributed by atoms with Gasteiger partial charge in [0, 0.05) is 6.54 Å². The predicted octanol–water partition coefficient (Wildman–Crippen LogP) is 1.59. The lowest BCUT2D eigenvalue weighted by molar-refractivity contribution is -0.165. The summed E-state index contributed by atoms with van der Waals surface area (Å²) in [6.07, 6.45) is 5.18. The molecule has 0 aromatic heterocycles. The number of nitrogens with two attached hydrogens (primary N) is 1. The molecule has 0 bridgehead atoms. The van der Waals surface area contributed by atoms with Crippen molar-refractivity contribution in [3.63, 3.8) is 0 Å². The molecule has 3 N–H and O–H groups in total.